The summed E-state index contributed by atoms with van der Waals surface area (Å²) in [6.07, 6.45) is 5.37. The van der Waals surface area contributed by atoms with E-state index in [0.29, 0.717) is 16.7 Å². The first-order chi connectivity index (χ1) is 17.8. The number of aliphatic hydroxyl groups is 1. The molecule has 11 heteroatoms. The number of carbonyl (C=O) groups excluding carboxylic acids is 1. The molecule has 5 rings (SSSR count). The molecule has 7 nitrogen and oxygen atoms in total. The van der Waals surface area contributed by atoms with Crippen LogP contribution in [0.1, 0.15) is 48.9 Å². The Kier molecular flexibility index (Phi) is 7.44. The van der Waals surface area contributed by atoms with Gasteiger partial charge in [-0.25, -0.2) is 18.2 Å². The molecule has 1 aliphatic carbocycles. The molecule has 200 valence electrons. The quantitative estimate of drug-likeness (QED) is 0.319. The summed E-state index contributed by atoms with van der Waals surface area (Å²) in [6.45, 7) is 1.75. The Morgan fingerprint density at radius 3 is 2.41 bits per heavy atom. The fourth-order valence-corrected chi connectivity index (χ4v) is 5.60. The van der Waals surface area contributed by atoms with Gasteiger partial charge < -0.3 is 24.9 Å². The van der Waals surface area contributed by atoms with Crippen LogP contribution in [0.15, 0.2) is 30.5 Å². The molecule has 3 aliphatic rings. The molecular formula is C26H32F3N5O2S. The molecule has 1 aromatic heterocycles. The lowest BCUT2D eigenvalue weighted by Gasteiger charge is -2.35. The van der Waals surface area contributed by atoms with Crippen molar-refractivity contribution >= 4 is 40.7 Å². The number of hydrogen-bond donors (Lipinski definition) is 3. The monoisotopic (exact) mass is 535 g/mol. The van der Waals surface area contributed by atoms with E-state index in [4.69, 9.17) is 5.11 Å². The van der Waals surface area contributed by atoms with Crippen molar-refractivity contribution in [2.24, 2.45) is 5.41 Å². The third kappa shape index (κ3) is 5.93. The Morgan fingerprint density at radius 2 is 1.73 bits per heavy atom. The first-order valence-electron chi connectivity index (χ1n) is 12.8. The summed E-state index contributed by atoms with van der Waals surface area (Å²) in [7, 11) is 0. The lowest BCUT2D eigenvalue weighted by molar-refractivity contribution is -0.0222. The summed E-state index contributed by atoms with van der Waals surface area (Å²) in [5.41, 5.74) is 2.46. The van der Waals surface area contributed by atoms with Gasteiger partial charge in [0.25, 0.3) is 11.8 Å². The number of rotatable bonds is 8. The van der Waals surface area contributed by atoms with Gasteiger partial charge in [-0.3, -0.25) is 4.79 Å². The number of aliphatic hydroxyl groups excluding tert-OH is 1. The molecule has 3 N–H and O–H groups in total. The number of amides is 1. The zero-order valence-electron chi connectivity index (χ0n) is 20.6. The molecule has 1 spiro atoms. The number of benzene rings is 1. The second kappa shape index (κ2) is 10.6. The molecule has 0 unspecified atom stereocenters. The van der Waals surface area contributed by atoms with Crippen molar-refractivity contribution in [2.75, 3.05) is 58.4 Å². The number of anilines is 4. The average molecular weight is 536 g/mol. The van der Waals surface area contributed by atoms with Crippen LogP contribution < -0.4 is 19.8 Å². The predicted molar refractivity (Wildman–Crippen MR) is 141 cm³/mol. The van der Waals surface area contributed by atoms with Crippen molar-refractivity contribution in [3.05, 3.63) is 41.8 Å². The van der Waals surface area contributed by atoms with E-state index in [9.17, 15) is 13.6 Å². The Labute approximate surface area is 218 Å². The van der Waals surface area contributed by atoms with Crippen LogP contribution in [-0.2, 0) is 0 Å². The van der Waals surface area contributed by atoms with Gasteiger partial charge in [-0.2, -0.15) is 0 Å². The highest BCUT2D eigenvalue weighted by molar-refractivity contribution is 8.00. The van der Waals surface area contributed by atoms with Gasteiger partial charge in [0.05, 0.1) is 23.5 Å². The summed E-state index contributed by atoms with van der Waals surface area (Å²) >= 11 is 1.38. The Hall–Kier alpha value is -2.66. The lowest BCUT2D eigenvalue weighted by Crippen LogP contribution is -2.40. The molecule has 1 amide bonds. The minimum atomic E-state index is -2.75. The van der Waals surface area contributed by atoms with E-state index in [1.165, 1.54) is 42.0 Å². The minimum absolute atomic E-state index is 0.00231. The third-order valence-electron chi connectivity index (χ3n) is 7.66. The maximum Gasteiger partial charge on any atom is 0.257 e. The average Bonchev–Trinajstić information content (AvgIpc) is 3.64. The Morgan fingerprint density at radius 1 is 1.03 bits per heavy atom. The summed E-state index contributed by atoms with van der Waals surface area (Å²) < 4.78 is 45.7. The van der Waals surface area contributed by atoms with Crippen LogP contribution in [0, 0.1) is 11.2 Å². The number of carbonyl (C=O) groups is 1. The lowest BCUT2D eigenvalue weighted by atomic mass is 9.93. The number of aromatic nitrogens is 1. The molecule has 1 saturated carbocycles. The molecule has 2 saturated heterocycles. The van der Waals surface area contributed by atoms with Crippen molar-refractivity contribution in [3.63, 3.8) is 0 Å². The van der Waals surface area contributed by atoms with Crippen LogP contribution in [0.4, 0.5) is 36.1 Å². The van der Waals surface area contributed by atoms with Crippen LogP contribution in [0.3, 0.4) is 0 Å². The second-order valence-electron chi connectivity index (χ2n) is 10.2. The summed E-state index contributed by atoms with van der Waals surface area (Å²) in [6, 6.07) is 6.82. The molecular weight excluding hydrogens is 503 g/mol. The van der Waals surface area contributed by atoms with Gasteiger partial charge in [0.15, 0.2) is 11.6 Å². The smallest absolute Gasteiger partial charge is 0.257 e. The zero-order valence-corrected chi connectivity index (χ0v) is 21.4. The molecule has 2 aliphatic heterocycles. The largest absolute Gasteiger partial charge is 0.395 e. The van der Waals surface area contributed by atoms with Gasteiger partial charge >= 0.3 is 0 Å². The second-order valence-corrected chi connectivity index (χ2v) is 11.1. The number of piperidine rings is 2. The first-order valence-corrected chi connectivity index (χ1v) is 13.7. The van der Waals surface area contributed by atoms with Crippen molar-refractivity contribution < 1.29 is 23.1 Å². The standard InChI is InChI=1S/C26H32F3N5O2S/c27-22-20(3-10-30-23(22)34-13-8-26(28,29)9-14-34)31-24(36)19-2-1-18(32-37-16-15-35)17-21(19)33-11-6-25(4-5-25)7-12-33/h1-3,10,17,32,35H,4-9,11-16H2,(H,30,31,36). The van der Waals surface area contributed by atoms with E-state index in [1.54, 1.807) is 12.1 Å². The summed E-state index contributed by atoms with van der Waals surface area (Å²) in [4.78, 5) is 21.2. The van der Waals surface area contributed by atoms with Gasteiger partial charge in [0, 0.05) is 56.7 Å². The highest BCUT2D eigenvalue weighted by Gasteiger charge is 2.44. The van der Waals surface area contributed by atoms with E-state index in [0.717, 1.165) is 37.3 Å². The van der Waals surface area contributed by atoms with E-state index in [2.05, 4.69) is 19.9 Å². The Bertz CT molecular complexity index is 1130. The minimum Gasteiger partial charge on any atom is -0.395 e. The molecule has 0 bridgehead atoms. The number of nitrogens with one attached hydrogen (secondary N) is 2. The summed E-state index contributed by atoms with van der Waals surface area (Å²) in [5, 5.41) is 11.8. The SMILES string of the molecule is O=C(Nc1ccnc(N2CCC(F)(F)CC2)c1F)c1ccc(NSCCO)cc1N1CCC2(CC1)CC2. The number of alkyl halides is 2. The zero-order chi connectivity index (χ0) is 26.0. The topological polar surface area (TPSA) is 80.7 Å². The number of hydrogen-bond acceptors (Lipinski definition) is 7. The highest BCUT2D eigenvalue weighted by Crippen LogP contribution is 2.54. The molecule has 0 atom stereocenters. The van der Waals surface area contributed by atoms with Crippen LogP contribution >= 0.6 is 11.9 Å². The van der Waals surface area contributed by atoms with Crippen LogP contribution in [0.5, 0.6) is 0 Å². The maximum atomic E-state index is 15.4. The predicted octanol–water partition coefficient (Wildman–Crippen LogP) is 5.14. The maximum absolute atomic E-state index is 15.4. The Balaban J connectivity index is 1.36. The van der Waals surface area contributed by atoms with Crippen LogP contribution in [0.2, 0.25) is 0 Å². The molecule has 3 fully saturated rings. The van der Waals surface area contributed by atoms with E-state index in [1.807, 2.05) is 6.07 Å². The van der Waals surface area contributed by atoms with Crippen molar-refractivity contribution in [1.29, 1.82) is 0 Å². The van der Waals surface area contributed by atoms with Gasteiger partial charge in [-0.15, -0.1) is 0 Å². The molecule has 2 aromatic rings. The van der Waals surface area contributed by atoms with Gasteiger partial charge in [-0.1, -0.05) is 11.9 Å². The first kappa shape index (κ1) is 26.0. The van der Waals surface area contributed by atoms with Crippen molar-refractivity contribution in [1.82, 2.24) is 4.98 Å². The molecule has 1 aromatic carbocycles. The van der Waals surface area contributed by atoms with Crippen molar-refractivity contribution in [2.45, 2.75) is 44.4 Å². The van der Waals surface area contributed by atoms with Gasteiger partial charge in [-0.05, 0) is 55.4 Å². The molecule has 37 heavy (non-hydrogen) atoms. The number of pyridine rings is 1. The van der Waals surface area contributed by atoms with Crippen LogP contribution in [0.25, 0.3) is 0 Å². The van der Waals surface area contributed by atoms with Gasteiger partial charge in [0.1, 0.15) is 0 Å². The number of halogens is 3. The third-order valence-corrected chi connectivity index (χ3v) is 8.43. The summed E-state index contributed by atoms with van der Waals surface area (Å²) in [5.74, 6) is -3.42. The van der Waals surface area contributed by atoms with Gasteiger partial charge in [0.2, 0.25) is 0 Å². The van der Waals surface area contributed by atoms with E-state index >= 15 is 4.39 Å². The molecule has 3 heterocycles. The normalized spacial score (nSPS) is 20.1. The van der Waals surface area contributed by atoms with E-state index < -0.39 is 17.6 Å². The fourth-order valence-electron chi connectivity index (χ4n) is 5.11. The van der Waals surface area contributed by atoms with Crippen LogP contribution in [-0.4, -0.2) is 60.5 Å². The highest BCUT2D eigenvalue weighted by atomic mass is 32.2. The van der Waals surface area contributed by atoms with Crippen molar-refractivity contribution in [3.8, 4) is 0 Å². The number of nitrogens with zero attached hydrogens (tertiary/aromatic N) is 3. The van der Waals surface area contributed by atoms with E-state index in [-0.39, 0.29) is 44.0 Å². The fraction of sp³-hybridized carbons (Fsp3) is 0.538. The molecule has 0 radical (unpaired) electrons.